The van der Waals surface area contributed by atoms with Crippen LogP contribution in [0.3, 0.4) is 0 Å². The Kier molecular flexibility index (Phi) is 5.48. The van der Waals surface area contributed by atoms with Gasteiger partial charge in [-0.3, -0.25) is 0 Å². The lowest BCUT2D eigenvalue weighted by molar-refractivity contribution is 0.111. The van der Waals surface area contributed by atoms with E-state index in [-0.39, 0.29) is 18.0 Å². The highest BCUT2D eigenvalue weighted by Crippen LogP contribution is 2.11. The molecule has 1 aromatic carbocycles. The molecule has 24 heavy (non-hydrogen) atoms. The summed E-state index contributed by atoms with van der Waals surface area (Å²) in [4.78, 5) is 11.9. The minimum atomic E-state index is -0.243. The molecule has 1 saturated heterocycles. The van der Waals surface area contributed by atoms with Crippen molar-refractivity contribution in [1.82, 2.24) is 15.2 Å². The maximum Gasteiger partial charge on any atom is 0.315 e. The number of rotatable bonds is 6. The number of benzene rings is 1. The van der Waals surface area contributed by atoms with Gasteiger partial charge in [-0.1, -0.05) is 12.1 Å². The van der Waals surface area contributed by atoms with Gasteiger partial charge in [0.05, 0.1) is 12.6 Å². The highest BCUT2D eigenvalue weighted by molar-refractivity contribution is 5.73. The van der Waals surface area contributed by atoms with Crippen molar-refractivity contribution in [2.24, 2.45) is 0 Å². The third-order valence-corrected chi connectivity index (χ3v) is 4.11. The molecule has 1 aromatic heterocycles. The summed E-state index contributed by atoms with van der Waals surface area (Å²) in [6, 6.07) is 10.2. The fraction of sp³-hybridized carbons (Fsp3) is 0.389. The average molecular weight is 331 g/mol. The summed E-state index contributed by atoms with van der Waals surface area (Å²) in [5.74, 6) is -0.243. The highest BCUT2D eigenvalue weighted by atomic mass is 19.1. The van der Waals surface area contributed by atoms with Crippen molar-refractivity contribution in [1.29, 1.82) is 0 Å². The molecule has 1 unspecified atom stereocenters. The maximum atomic E-state index is 13.3. The Hall–Kier alpha value is -2.34. The van der Waals surface area contributed by atoms with E-state index in [0.717, 1.165) is 30.7 Å². The Balaban J connectivity index is 1.49. The number of aromatic nitrogens is 1. The van der Waals surface area contributed by atoms with Gasteiger partial charge in [-0.2, -0.15) is 0 Å². The SMILES string of the molecule is O=C(NCc1cccn1Cc1cccc(F)c1)NCC1CCCO1. The quantitative estimate of drug-likeness (QED) is 0.855. The fourth-order valence-corrected chi connectivity index (χ4v) is 2.84. The Morgan fingerprint density at radius 1 is 1.29 bits per heavy atom. The van der Waals surface area contributed by atoms with E-state index in [9.17, 15) is 9.18 Å². The number of nitrogens with zero attached hydrogens (tertiary/aromatic N) is 1. The topological polar surface area (TPSA) is 55.3 Å². The number of hydrogen-bond donors (Lipinski definition) is 2. The Morgan fingerprint density at radius 2 is 2.21 bits per heavy atom. The number of halogens is 1. The van der Waals surface area contributed by atoms with Crippen molar-refractivity contribution in [2.45, 2.75) is 32.0 Å². The molecule has 2 heterocycles. The van der Waals surface area contributed by atoms with E-state index in [4.69, 9.17) is 4.74 Å². The van der Waals surface area contributed by atoms with Crippen LogP contribution >= 0.6 is 0 Å². The van der Waals surface area contributed by atoms with Crippen molar-refractivity contribution in [3.63, 3.8) is 0 Å². The molecule has 0 radical (unpaired) electrons. The van der Waals surface area contributed by atoms with Crippen LogP contribution in [-0.4, -0.2) is 29.9 Å². The van der Waals surface area contributed by atoms with E-state index >= 15 is 0 Å². The van der Waals surface area contributed by atoms with Gasteiger partial charge >= 0.3 is 6.03 Å². The zero-order chi connectivity index (χ0) is 16.8. The molecule has 5 nitrogen and oxygen atoms in total. The molecule has 1 atom stereocenters. The van der Waals surface area contributed by atoms with Crippen molar-refractivity contribution in [3.8, 4) is 0 Å². The van der Waals surface area contributed by atoms with Gasteiger partial charge in [-0.05, 0) is 42.7 Å². The second kappa shape index (κ2) is 7.97. The predicted molar refractivity (Wildman–Crippen MR) is 89.1 cm³/mol. The second-order valence-corrected chi connectivity index (χ2v) is 5.96. The van der Waals surface area contributed by atoms with Crippen molar-refractivity contribution < 1.29 is 13.9 Å². The summed E-state index contributed by atoms with van der Waals surface area (Å²) >= 11 is 0. The van der Waals surface area contributed by atoms with Crippen LogP contribution in [0, 0.1) is 5.82 Å². The van der Waals surface area contributed by atoms with Crippen LogP contribution in [-0.2, 0) is 17.8 Å². The Morgan fingerprint density at radius 3 is 3.00 bits per heavy atom. The van der Waals surface area contributed by atoms with Crippen molar-refractivity contribution >= 4 is 6.03 Å². The van der Waals surface area contributed by atoms with E-state index in [1.165, 1.54) is 12.1 Å². The second-order valence-electron chi connectivity index (χ2n) is 5.96. The molecular formula is C18H22FN3O2. The van der Waals surface area contributed by atoms with Gasteiger partial charge < -0.3 is 19.9 Å². The lowest BCUT2D eigenvalue weighted by Gasteiger charge is -2.13. The number of carbonyl (C=O) groups excluding carboxylic acids is 1. The Bertz CT molecular complexity index is 680. The summed E-state index contributed by atoms with van der Waals surface area (Å²) in [5.41, 5.74) is 1.85. The third-order valence-electron chi connectivity index (χ3n) is 4.11. The highest BCUT2D eigenvalue weighted by Gasteiger charge is 2.16. The van der Waals surface area contributed by atoms with Crippen molar-refractivity contribution in [3.05, 3.63) is 59.7 Å². The lowest BCUT2D eigenvalue weighted by atomic mass is 10.2. The molecule has 128 valence electrons. The minimum absolute atomic E-state index is 0.132. The molecule has 0 bridgehead atoms. The zero-order valence-corrected chi connectivity index (χ0v) is 13.5. The van der Waals surface area contributed by atoms with Crippen LogP contribution in [0.5, 0.6) is 0 Å². The van der Waals surface area contributed by atoms with Crippen LogP contribution < -0.4 is 10.6 Å². The fourth-order valence-electron chi connectivity index (χ4n) is 2.84. The molecule has 0 spiro atoms. The van der Waals surface area contributed by atoms with Crippen LogP contribution in [0.4, 0.5) is 9.18 Å². The monoisotopic (exact) mass is 331 g/mol. The summed E-state index contributed by atoms with van der Waals surface area (Å²) in [7, 11) is 0. The molecule has 0 aliphatic carbocycles. The molecule has 1 aliphatic rings. The number of amides is 2. The normalized spacial score (nSPS) is 17.0. The lowest BCUT2D eigenvalue weighted by Crippen LogP contribution is -2.39. The van der Waals surface area contributed by atoms with E-state index in [1.807, 2.05) is 29.0 Å². The van der Waals surface area contributed by atoms with E-state index < -0.39 is 0 Å². The molecule has 3 rings (SSSR count). The van der Waals surface area contributed by atoms with Crippen LogP contribution in [0.1, 0.15) is 24.1 Å². The van der Waals surface area contributed by atoms with Gasteiger partial charge in [-0.15, -0.1) is 0 Å². The summed E-state index contributed by atoms with van der Waals surface area (Å²) in [5, 5.41) is 5.68. The maximum absolute atomic E-state index is 13.3. The zero-order valence-electron chi connectivity index (χ0n) is 13.5. The minimum Gasteiger partial charge on any atom is -0.376 e. The first kappa shape index (κ1) is 16.5. The van der Waals surface area contributed by atoms with Gasteiger partial charge in [0.1, 0.15) is 5.82 Å². The molecule has 2 aromatic rings. The van der Waals surface area contributed by atoms with Gasteiger partial charge in [0.15, 0.2) is 0 Å². The number of urea groups is 1. The number of carbonyl (C=O) groups is 1. The summed E-state index contributed by atoms with van der Waals surface area (Å²) < 4.78 is 20.7. The molecule has 2 amide bonds. The first-order chi connectivity index (χ1) is 11.7. The number of nitrogens with one attached hydrogen (secondary N) is 2. The van der Waals surface area contributed by atoms with Gasteiger partial charge in [0.2, 0.25) is 0 Å². The molecule has 0 saturated carbocycles. The van der Waals surface area contributed by atoms with E-state index in [0.29, 0.717) is 19.6 Å². The first-order valence-electron chi connectivity index (χ1n) is 8.22. The van der Waals surface area contributed by atoms with Crippen LogP contribution in [0.25, 0.3) is 0 Å². The van der Waals surface area contributed by atoms with Crippen LogP contribution in [0.2, 0.25) is 0 Å². The van der Waals surface area contributed by atoms with E-state index in [2.05, 4.69) is 10.6 Å². The van der Waals surface area contributed by atoms with Gasteiger partial charge in [0, 0.05) is 31.6 Å². The third kappa shape index (κ3) is 4.58. The predicted octanol–water partition coefficient (Wildman–Crippen LogP) is 2.65. The summed E-state index contributed by atoms with van der Waals surface area (Å²) in [6.07, 6.45) is 4.11. The smallest absolute Gasteiger partial charge is 0.315 e. The number of ether oxygens (including phenoxy) is 1. The molecule has 1 aliphatic heterocycles. The Labute approximate surface area is 140 Å². The first-order valence-corrected chi connectivity index (χ1v) is 8.22. The summed E-state index contributed by atoms with van der Waals surface area (Å²) in [6.45, 7) is 2.30. The van der Waals surface area contributed by atoms with Crippen LogP contribution in [0.15, 0.2) is 42.6 Å². The standard InChI is InChI=1S/C18H22FN3O2/c19-15-5-1-4-14(10-15)13-22-8-2-6-16(22)11-20-18(23)21-12-17-7-3-9-24-17/h1-2,4-6,8,10,17H,3,7,9,11-13H2,(H2,20,21,23). The largest absolute Gasteiger partial charge is 0.376 e. The molecule has 2 N–H and O–H groups in total. The average Bonchev–Trinajstić information content (AvgIpc) is 3.23. The molecule has 1 fully saturated rings. The van der Waals surface area contributed by atoms with E-state index in [1.54, 1.807) is 6.07 Å². The van der Waals surface area contributed by atoms with Gasteiger partial charge in [-0.25, -0.2) is 9.18 Å². The molecule has 6 heteroatoms. The number of hydrogen-bond acceptors (Lipinski definition) is 2. The van der Waals surface area contributed by atoms with Gasteiger partial charge in [0.25, 0.3) is 0 Å². The van der Waals surface area contributed by atoms with Crippen molar-refractivity contribution in [2.75, 3.05) is 13.2 Å². The molecular weight excluding hydrogens is 309 g/mol.